The highest BCUT2D eigenvalue weighted by Gasteiger charge is 2.09. The van der Waals surface area contributed by atoms with Crippen LogP contribution in [-0.4, -0.2) is 24.7 Å². The topological polar surface area (TPSA) is 67.2 Å². The van der Waals surface area contributed by atoms with Crippen molar-refractivity contribution < 1.29 is 4.79 Å². The molecule has 0 aliphatic rings. The number of halogens is 2. The van der Waals surface area contributed by atoms with Crippen LogP contribution in [0, 0.1) is 0 Å². The molecule has 0 fully saturated rings. The van der Waals surface area contributed by atoms with Crippen molar-refractivity contribution in [1.29, 1.82) is 0 Å². The largest absolute Gasteiger partial charge is 0.338 e. The molecule has 0 bridgehead atoms. The summed E-state index contributed by atoms with van der Waals surface area (Å²) in [5, 5.41) is 5.35. The van der Waals surface area contributed by atoms with Crippen molar-refractivity contribution in [2.24, 2.45) is 5.73 Å². The normalized spacial score (nSPS) is 9.43. The van der Waals surface area contributed by atoms with Crippen molar-refractivity contribution in [3.05, 3.63) is 0 Å². The Morgan fingerprint density at radius 2 is 1.79 bits per heavy atom. The van der Waals surface area contributed by atoms with E-state index in [4.69, 9.17) is 5.73 Å². The summed E-state index contributed by atoms with van der Waals surface area (Å²) in [6, 6.07) is -0.123. The van der Waals surface area contributed by atoms with Gasteiger partial charge in [0, 0.05) is 18.6 Å². The van der Waals surface area contributed by atoms with Crippen LogP contribution in [0.4, 0.5) is 4.79 Å². The smallest absolute Gasteiger partial charge is 0.314 e. The first-order chi connectivity index (χ1) is 5.45. The predicted molar refractivity (Wildman–Crippen MR) is 64.5 cm³/mol. The number of carbonyl (C=O) groups is 1. The molecular formula is C8H21Cl2N3O. The van der Waals surface area contributed by atoms with Gasteiger partial charge in [0.2, 0.25) is 0 Å². The summed E-state index contributed by atoms with van der Waals surface area (Å²) in [7, 11) is 0. The first-order valence-corrected chi connectivity index (χ1v) is 4.26. The third-order valence-corrected chi connectivity index (χ3v) is 1.39. The van der Waals surface area contributed by atoms with Gasteiger partial charge in [-0.3, -0.25) is 0 Å². The molecule has 0 heterocycles. The minimum atomic E-state index is -0.209. The summed E-state index contributed by atoms with van der Waals surface area (Å²) in [4.78, 5) is 10.9. The van der Waals surface area contributed by atoms with E-state index in [9.17, 15) is 4.79 Å². The molecule has 14 heavy (non-hydrogen) atoms. The molecule has 0 saturated heterocycles. The van der Waals surface area contributed by atoms with Crippen LogP contribution in [0.3, 0.4) is 0 Å². The molecule has 0 aromatic carbocycles. The van der Waals surface area contributed by atoms with Crippen LogP contribution >= 0.6 is 24.8 Å². The van der Waals surface area contributed by atoms with Gasteiger partial charge < -0.3 is 16.4 Å². The van der Waals surface area contributed by atoms with E-state index >= 15 is 0 Å². The molecule has 2 amide bonds. The number of hydrogen-bond donors (Lipinski definition) is 3. The van der Waals surface area contributed by atoms with Gasteiger partial charge in [-0.2, -0.15) is 0 Å². The van der Waals surface area contributed by atoms with Gasteiger partial charge in [-0.25, -0.2) is 4.79 Å². The third-order valence-electron chi connectivity index (χ3n) is 1.39. The van der Waals surface area contributed by atoms with Gasteiger partial charge in [0.15, 0.2) is 0 Å². The zero-order valence-corrected chi connectivity index (χ0v) is 10.6. The van der Waals surface area contributed by atoms with Gasteiger partial charge in [-0.05, 0) is 27.2 Å². The van der Waals surface area contributed by atoms with E-state index in [-0.39, 0.29) is 36.4 Å². The zero-order valence-electron chi connectivity index (χ0n) is 8.92. The zero-order chi connectivity index (χ0) is 9.61. The second kappa shape index (κ2) is 9.37. The molecule has 0 aliphatic heterocycles. The van der Waals surface area contributed by atoms with Gasteiger partial charge in [-0.1, -0.05) is 0 Å². The minimum Gasteiger partial charge on any atom is -0.338 e. The maximum atomic E-state index is 10.9. The molecule has 88 valence electrons. The number of nitrogens with one attached hydrogen (secondary N) is 2. The van der Waals surface area contributed by atoms with Crippen molar-refractivity contribution in [2.45, 2.75) is 32.7 Å². The van der Waals surface area contributed by atoms with Gasteiger partial charge in [0.25, 0.3) is 0 Å². The number of hydrogen-bond acceptors (Lipinski definition) is 2. The molecule has 0 rings (SSSR count). The maximum absolute atomic E-state index is 10.9. The van der Waals surface area contributed by atoms with Crippen LogP contribution in [0.15, 0.2) is 0 Å². The molecule has 0 radical (unpaired) electrons. The molecule has 0 atom stereocenters. The third kappa shape index (κ3) is 14.3. The molecule has 0 aromatic heterocycles. The molecule has 0 spiro atoms. The van der Waals surface area contributed by atoms with Crippen molar-refractivity contribution in [3.63, 3.8) is 0 Å². The van der Waals surface area contributed by atoms with Crippen LogP contribution < -0.4 is 16.4 Å². The maximum Gasteiger partial charge on any atom is 0.314 e. The molecule has 0 unspecified atom stereocenters. The van der Waals surface area contributed by atoms with E-state index in [0.29, 0.717) is 13.1 Å². The fourth-order valence-corrected chi connectivity index (χ4v) is 0.721. The lowest BCUT2D eigenvalue weighted by Gasteiger charge is -2.18. The Bertz CT molecular complexity index is 148. The number of rotatable bonds is 4. The summed E-state index contributed by atoms with van der Waals surface area (Å²) in [5.41, 5.74) is 5.52. The number of nitrogens with two attached hydrogens (primary N) is 1. The molecule has 0 aromatic rings. The first-order valence-electron chi connectivity index (χ1n) is 4.26. The lowest BCUT2D eigenvalue weighted by Crippen LogP contribution is -2.40. The standard InChI is InChI=1S/C8H19N3O.2ClH/c1-4-10-7(12)11-6-5-8(2,3)9;;/h4-6,9H2,1-3H3,(H2,10,11,12);2*1H. The summed E-state index contributed by atoms with van der Waals surface area (Å²) < 4.78 is 0. The molecule has 6 heteroatoms. The Morgan fingerprint density at radius 3 is 2.14 bits per heavy atom. The predicted octanol–water partition coefficient (Wildman–Crippen LogP) is 1.28. The Morgan fingerprint density at radius 1 is 1.29 bits per heavy atom. The lowest BCUT2D eigenvalue weighted by molar-refractivity contribution is 0.240. The highest BCUT2D eigenvalue weighted by molar-refractivity contribution is 5.85. The van der Waals surface area contributed by atoms with Crippen LogP contribution in [0.5, 0.6) is 0 Å². The lowest BCUT2D eigenvalue weighted by atomic mass is 10.0. The van der Waals surface area contributed by atoms with Crippen LogP contribution in [0.2, 0.25) is 0 Å². The van der Waals surface area contributed by atoms with Crippen LogP contribution in [0.1, 0.15) is 27.2 Å². The van der Waals surface area contributed by atoms with Crippen molar-refractivity contribution in [3.8, 4) is 0 Å². The van der Waals surface area contributed by atoms with Crippen molar-refractivity contribution in [2.75, 3.05) is 13.1 Å². The average Bonchev–Trinajstić information content (AvgIpc) is 1.84. The highest BCUT2D eigenvalue weighted by atomic mass is 35.5. The monoisotopic (exact) mass is 245 g/mol. The van der Waals surface area contributed by atoms with Crippen LogP contribution in [0.25, 0.3) is 0 Å². The second-order valence-corrected chi connectivity index (χ2v) is 3.52. The van der Waals surface area contributed by atoms with Crippen molar-refractivity contribution in [1.82, 2.24) is 10.6 Å². The summed E-state index contributed by atoms with van der Waals surface area (Å²) in [6.07, 6.45) is 0.782. The Kier molecular flexibility index (Phi) is 13.0. The molecule has 0 aliphatic carbocycles. The van der Waals surface area contributed by atoms with Crippen molar-refractivity contribution >= 4 is 30.8 Å². The second-order valence-electron chi connectivity index (χ2n) is 3.52. The van der Waals surface area contributed by atoms with E-state index in [1.165, 1.54) is 0 Å². The molecular weight excluding hydrogens is 225 g/mol. The quantitative estimate of drug-likeness (QED) is 0.699. The number of urea groups is 1. The first kappa shape index (κ1) is 19.4. The van der Waals surface area contributed by atoms with Gasteiger partial charge >= 0.3 is 6.03 Å². The van der Waals surface area contributed by atoms with Gasteiger partial charge in [-0.15, -0.1) is 24.8 Å². The summed E-state index contributed by atoms with van der Waals surface area (Å²) in [5.74, 6) is 0. The minimum absolute atomic E-state index is 0. The highest BCUT2D eigenvalue weighted by Crippen LogP contribution is 2.00. The fourth-order valence-electron chi connectivity index (χ4n) is 0.721. The Balaban J connectivity index is -0.000000605. The Hall–Kier alpha value is -0.190. The number of amides is 2. The molecule has 4 nitrogen and oxygen atoms in total. The van der Waals surface area contributed by atoms with Gasteiger partial charge in [0.1, 0.15) is 0 Å². The summed E-state index contributed by atoms with van der Waals surface area (Å²) >= 11 is 0. The number of carbonyl (C=O) groups excluding carboxylic acids is 1. The SMILES string of the molecule is CCNC(=O)NCCC(C)(C)N.Cl.Cl. The van der Waals surface area contributed by atoms with Crippen LogP contribution in [-0.2, 0) is 0 Å². The van der Waals surface area contributed by atoms with E-state index < -0.39 is 0 Å². The Labute approximate surface area is 98.2 Å². The van der Waals surface area contributed by atoms with E-state index in [2.05, 4.69) is 10.6 Å². The molecule has 0 saturated carbocycles. The summed E-state index contributed by atoms with van der Waals surface area (Å²) in [6.45, 7) is 7.03. The fraction of sp³-hybridized carbons (Fsp3) is 0.875. The van der Waals surface area contributed by atoms with E-state index in [1.807, 2.05) is 20.8 Å². The van der Waals surface area contributed by atoms with E-state index in [0.717, 1.165) is 6.42 Å². The molecule has 4 N–H and O–H groups in total. The van der Waals surface area contributed by atoms with Gasteiger partial charge in [0.05, 0.1) is 0 Å². The van der Waals surface area contributed by atoms with E-state index in [1.54, 1.807) is 0 Å². The average molecular weight is 246 g/mol.